The van der Waals surface area contributed by atoms with Gasteiger partial charge in [-0.2, -0.15) is 5.10 Å². The van der Waals surface area contributed by atoms with E-state index < -0.39 is 0 Å². The van der Waals surface area contributed by atoms with Crippen molar-refractivity contribution in [2.24, 2.45) is 5.10 Å². The molecule has 0 atom stereocenters. The van der Waals surface area contributed by atoms with Crippen molar-refractivity contribution in [2.75, 3.05) is 12.4 Å². The number of anilines is 1. The number of nitrogens with one attached hydrogen (secondary N) is 2. The van der Waals surface area contributed by atoms with Crippen molar-refractivity contribution in [3.05, 3.63) is 78.4 Å². The second kappa shape index (κ2) is 9.28. The summed E-state index contributed by atoms with van der Waals surface area (Å²) < 4.78 is 17.3. The first kappa shape index (κ1) is 21.6. The molecule has 0 aliphatic carbocycles. The van der Waals surface area contributed by atoms with Crippen molar-refractivity contribution < 1.29 is 14.2 Å². The molecule has 1 aliphatic heterocycles. The zero-order valence-electron chi connectivity index (χ0n) is 18.2. The Kier molecular flexibility index (Phi) is 6.28. The lowest BCUT2D eigenvalue weighted by atomic mass is 9.92. The number of benzene rings is 3. The predicted molar refractivity (Wildman–Crippen MR) is 131 cm³/mol. The van der Waals surface area contributed by atoms with Gasteiger partial charge in [0, 0.05) is 17.7 Å². The zero-order valence-corrected chi connectivity index (χ0v) is 19.0. The number of thiocarbonyl (C=S) groups is 1. The highest BCUT2D eigenvalue weighted by Gasteiger charge is 2.31. The summed E-state index contributed by atoms with van der Waals surface area (Å²) in [6.07, 6.45) is 0.633. The van der Waals surface area contributed by atoms with Gasteiger partial charge in [-0.15, -0.1) is 0 Å². The first-order valence-corrected chi connectivity index (χ1v) is 10.7. The van der Waals surface area contributed by atoms with Gasteiger partial charge in [-0.05, 0) is 80.7 Å². The molecule has 0 saturated carbocycles. The van der Waals surface area contributed by atoms with Crippen LogP contribution in [0.2, 0.25) is 0 Å². The zero-order chi connectivity index (χ0) is 22.6. The SMILES string of the molecule is COc1ccc2c(c1)/C(=N\NC(=S)Nc1ccc(Oc3ccccc3)cc1)CC(C)(C)O2. The lowest BCUT2D eigenvalue weighted by Gasteiger charge is -2.33. The molecular weight excluding hydrogens is 422 g/mol. The molecule has 4 rings (SSSR count). The van der Waals surface area contributed by atoms with Crippen LogP contribution in [0.4, 0.5) is 5.69 Å². The summed E-state index contributed by atoms with van der Waals surface area (Å²) in [4.78, 5) is 0. The summed E-state index contributed by atoms with van der Waals surface area (Å²) in [5.74, 6) is 3.06. The maximum absolute atomic E-state index is 6.08. The molecule has 0 radical (unpaired) electrons. The molecule has 0 fully saturated rings. The molecule has 3 aromatic rings. The molecule has 7 heteroatoms. The third-order valence-corrected chi connectivity index (χ3v) is 5.05. The number of methoxy groups -OCH3 is 1. The molecule has 3 aromatic carbocycles. The fourth-order valence-electron chi connectivity index (χ4n) is 3.39. The van der Waals surface area contributed by atoms with E-state index in [0.717, 1.165) is 40.0 Å². The molecule has 0 unspecified atom stereocenters. The fourth-order valence-corrected chi connectivity index (χ4v) is 3.55. The van der Waals surface area contributed by atoms with Gasteiger partial charge in [0.1, 0.15) is 28.6 Å². The van der Waals surface area contributed by atoms with E-state index in [-0.39, 0.29) is 5.60 Å². The molecule has 2 N–H and O–H groups in total. The van der Waals surface area contributed by atoms with Crippen LogP contribution < -0.4 is 25.0 Å². The van der Waals surface area contributed by atoms with Crippen LogP contribution in [0.15, 0.2) is 77.9 Å². The van der Waals surface area contributed by atoms with Crippen LogP contribution in [0.25, 0.3) is 0 Å². The van der Waals surface area contributed by atoms with Gasteiger partial charge in [0.2, 0.25) is 0 Å². The Labute approximate surface area is 193 Å². The van der Waals surface area contributed by atoms with Crippen LogP contribution in [0, 0.1) is 0 Å². The molecule has 1 heterocycles. The Morgan fingerprint density at radius 3 is 2.38 bits per heavy atom. The topological polar surface area (TPSA) is 64.1 Å². The number of hydrogen-bond donors (Lipinski definition) is 2. The van der Waals surface area contributed by atoms with Gasteiger partial charge in [0.15, 0.2) is 5.11 Å². The molecule has 0 aromatic heterocycles. The van der Waals surface area contributed by atoms with E-state index in [4.69, 9.17) is 26.4 Å². The van der Waals surface area contributed by atoms with Crippen LogP contribution in [-0.4, -0.2) is 23.5 Å². The number of fused-ring (bicyclic) bond motifs is 1. The van der Waals surface area contributed by atoms with Crippen LogP contribution in [0.5, 0.6) is 23.0 Å². The second-order valence-electron chi connectivity index (χ2n) is 7.96. The van der Waals surface area contributed by atoms with Crippen molar-refractivity contribution >= 4 is 28.7 Å². The lowest BCUT2D eigenvalue weighted by molar-refractivity contribution is 0.111. The van der Waals surface area contributed by atoms with E-state index >= 15 is 0 Å². The second-order valence-corrected chi connectivity index (χ2v) is 8.37. The number of nitrogens with zero attached hydrogens (tertiary/aromatic N) is 1. The maximum atomic E-state index is 6.08. The third kappa shape index (κ3) is 5.36. The Balaban J connectivity index is 1.42. The van der Waals surface area contributed by atoms with Gasteiger partial charge in [-0.25, -0.2) is 0 Å². The first-order valence-electron chi connectivity index (χ1n) is 10.3. The largest absolute Gasteiger partial charge is 0.497 e. The minimum atomic E-state index is -0.369. The van der Waals surface area contributed by atoms with Gasteiger partial charge in [0.05, 0.1) is 12.8 Å². The summed E-state index contributed by atoms with van der Waals surface area (Å²) in [5, 5.41) is 8.10. The number of hydrazone groups is 1. The summed E-state index contributed by atoms with van der Waals surface area (Å²) in [7, 11) is 1.64. The third-order valence-electron chi connectivity index (χ3n) is 4.86. The first-order chi connectivity index (χ1) is 15.4. The average Bonchev–Trinajstić information content (AvgIpc) is 2.78. The highest BCUT2D eigenvalue weighted by Crippen LogP contribution is 2.35. The van der Waals surface area contributed by atoms with E-state index in [1.165, 1.54) is 0 Å². The van der Waals surface area contributed by atoms with Crippen molar-refractivity contribution in [3.8, 4) is 23.0 Å². The summed E-state index contributed by atoms with van der Waals surface area (Å²) in [6.45, 7) is 4.07. The van der Waals surface area contributed by atoms with Gasteiger partial charge >= 0.3 is 0 Å². The highest BCUT2D eigenvalue weighted by molar-refractivity contribution is 7.80. The van der Waals surface area contributed by atoms with Gasteiger partial charge in [0.25, 0.3) is 0 Å². The number of hydrogen-bond acceptors (Lipinski definition) is 5. The highest BCUT2D eigenvalue weighted by atomic mass is 32.1. The predicted octanol–water partition coefficient (Wildman–Crippen LogP) is 5.74. The molecule has 0 spiro atoms. The van der Waals surface area contributed by atoms with E-state index in [1.807, 2.05) is 86.6 Å². The van der Waals surface area contributed by atoms with E-state index in [9.17, 15) is 0 Å². The van der Waals surface area contributed by atoms with Crippen molar-refractivity contribution in [1.29, 1.82) is 0 Å². The minimum absolute atomic E-state index is 0.369. The Morgan fingerprint density at radius 1 is 0.969 bits per heavy atom. The number of rotatable bonds is 5. The van der Waals surface area contributed by atoms with Crippen LogP contribution in [-0.2, 0) is 0 Å². The lowest BCUT2D eigenvalue weighted by Crippen LogP contribution is -2.37. The molecule has 0 saturated heterocycles. The molecule has 1 aliphatic rings. The number of ether oxygens (including phenoxy) is 3. The van der Waals surface area contributed by atoms with Crippen LogP contribution in [0.1, 0.15) is 25.8 Å². The fraction of sp³-hybridized carbons (Fsp3) is 0.200. The quantitative estimate of drug-likeness (QED) is 0.384. The normalized spacial score (nSPS) is 15.3. The Hall–Kier alpha value is -3.58. The average molecular weight is 448 g/mol. The van der Waals surface area contributed by atoms with Crippen molar-refractivity contribution in [1.82, 2.24) is 5.43 Å². The minimum Gasteiger partial charge on any atom is -0.497 e. The Bertz CT molecular complexity index is 1130. The Morgan fingerprint density at radius 2 is 1.66 bits per heavy atom. The molecule has 0 bridgehead atoms. The molecular formula is C25H25N3O3S. The standard InChI is InChI=1S/C25H25N3O3S/c1-25(2)16-22(21-15-20(29-3)13-14-23(21)31-25)27-28-24(32)26-17-9-11-19(12-10-17)30-18-7-5-4-6-8-18/h4-15H,16H2,1-3H3,(H2,26,28,32)/b27-22-. The van der Waals surface area contributed by atoms with Crippen molar-refractivity contribution in [3.63, 3.8) is 0 Å². The van der Waals surface area contributed by atoms with Crippen LogP contribution >= 0.6 is 12.2 Å². The van der Waals surface area contributed by atoms with E-state index in [1.54, 1.807) is 7.11 Å². The molecule has 0 amide bonds. The van der Waals surface area contributed by atoms with Crippen molar-refractivity contribution in [2.45, 2.75) is 25.9 Å². The smallest absolute Gasteiger partial charge is 0.191 e. The van der Waals surface area contributed by atoms with Gasteiger partial charge in [-0.3, -0.25) is 5.43 Å². The van der Waals surface area contributed by atoms with E-state index in [2.05, 4.69) is 15.8 Å². The summed E-state index contributed by atoms with van der Waals surface area (Å²) in [5.41, 5.74) is 5.16. The van der Waals surface area contributed by atoms with Gasteiger partial charge < -0.3 is 19.5 Å². The maximum Gasteiger partial charge on any atom is 0.191 e. The summed E-state index contributed by atoms with van der Waals surface area (Å²) in [6, 6.07) is 22.9. The monoisotopic (exact) mass is 447 g/mol. The summed E-state index contributed by atoms with van der Waals surface area (Å²) >= 11 is 5.43. The molecule has 164 valence electrons. The van der Waals surface area contributed by atoms with Gasteiger partial charge in [-0.1, -0.05) is 18.2 Å². The van der Waals surface area contributed by atoms with Crippen LogP contribution in [0.3, 0.4) is 0 Å². The molecule has 32 heavy (non-hydrogen) atoms. The van der Waals surface area contributed by atoms with E-state index in [0.29, 0.717) is 11.5 Å². The number of para-hydroxylation sites is 1. The molecule has 6 nitrogen and oxygen atoms in total.